The van der Waals surface area contributed by atoms with Crippen molar-refractivity contribution in [3.05, 3.63) is 64.7 Å². The monoisotopic (exact) mass is 293 g/mol. The van der Waals surface area contributed by atoms with E-state index in [1.807, 2.05) is 42.5 Å². The number of benzene rings is 2. The Balaban J connectivity index is 2.25. The predicted molar refractivity (Wildman–Crippen MR) is 95.8 cm³/mol. The van der Waals surface area contributed by atoms with Crippen LogP contribution in [0.2, 0.25) is 0 Å². The first kappa shape index (κ1) is 16.5. The third-order valence-electron chi connectivity index (χ3n) is 4.30. The van der Waals surface area contributed by atoms with Gasteiger partial charge in [-0.25, -0.2) is 0 Å². The molecule has 3 heteroatoms. The quantitative estimate of drug-likeness (QED) is 0.652. The van der Waals surface area contributed by atoms with Gasteiger partial charge in [0, 0.05) is 5.56 Å². The van der Waals surface area contributed by atoms with Gasteiger partial charge in [0.25, 0.3) is 0 Å². The van der Waals surface area contributed by atoms with Crippen LogP contribution in [0.15, 0.2) is 42.5 Å². The molecule has 114 valence electrons. The van der Waals surface area contributed by atoms with Crippen molar-refractivity contribution >= 4 is 19.1 Å². The summed E-state index contributed by atoms with van der Waals surface area (Å²) in [6.45, 7) is 4.25. The maximum atomic E-state index is 12.7. The van der Waals surface area contributed by atoms with Gasteiger partial charge in [-0.1, -0.05) is 60.8 Å². The Morgan fingerprint density at radius 2 is 1.64 bits per heavy atom. The summed E-state index contributed by atoms with van der Waals surface area (Å²) in [5, 5.41) is 0. The molecule has 0 amide bonds. The standard InChI is InChI=1S/C19H24BNO/c1-3-14-11-16(12-15(4-2)18(14)20)19(22)17(21)10-13-8-6-5-7-9-13/h5-9,11-12,17H,3-4,10,20-21H2,1-2H3/t17-/m0/s1. The highest BCUT2D eigenvalue weighted by molar-refractivity contribution is 6.34. The molecule has 2 nitrogen and oxygen atoms in total. The minimum Gasteiger partial charge on any atom is -0.321 e. The van der Waals surface area contributed by atoms with Gasteiger partial charge in [0.2, 0.25) is 0 Å². The van der Waals surface area contributed by atoms with E-state index >= 15 is 0 Å². The van der Waals surface area contributed by atoms with Gasteiger partial charge in [-0.05, 0) is 37.0 Å². The van der Waals surface area contributed by atoms with Crippen LogP contribution in [-0.2, 0) is 19.3 Å². The van der Waals surface area contributed by atoms with E-state index in [0.29, 0.717) is 6.42 Å². The van der Waals surface area contributed by atoms with Crippen molar-refractivity contribution in [2.75, 3.05) is 0 Å². The normalized spacial score (nSPS) is 12.1. The molecule has 0 aliphatic carbocycles. The number of Topliss-reactive ketones (excluding diaryl/α,β-unsaturated/α-hetero) is 1. The molecule has 0 unspecified atom stereocenters. The molecule has 2 aromatic carbocycles. The van der Waals surface area contributed by atoms with E-state index in [0.717, 1.165) is 24.0 Å². The summed E-state index contributed by atoms with van der Waals surface area (Å²) in [6, 6.07) is 13.5. The van der Waals surface area contributed by atoms with Crippen LogP contribution in [0.4, 0.5) is 0 Å². The number of hydrogen-bond acceptors (Lipinski definition) is 2. The van der Waals surface area contributed by atoms with Gasteiger partial charge in [-0.2, -0.15) is 0 Å². The maximum Gasteiger partial charge on any atom is 0.179 e. The molecule has 0 aliphatic rings. The van der Waals surface area contributed by atoms with Crippen molar-refractivity contribution < 1.29 is 4.79 Å². The topological polar surface area (TPSA) is 43.1 Å². The fourth-order valence-electron chi connectivity index (χ4n) is 2.89. The Kier molecular flexibility index (Phi) is 5.56. The molecule has 0 saturated carbocycles. The molecule has 1 atom stereocenters. The Labute approximate surface area is 134 Å². The lowest BCUT2D eigenvalue weighted by atomic mass is 9.81. The average Bonchev–Trinajstić information content (AvgIpc) is 2.55. The molecule has 2 rings (SSSR count). The van der Waals surface area contributed by atoms with Gasteiger partial charge in [-0.15, -0.1) is 0 Å². The number of carbonyl (C=O) groups excluding carboxylic acids is 1. The first-order chi connectivity index (χ1) is 10.6. The van der Waals surface area contributed by atoms with E-state index in [4.69, 9.17) is 5.73 Å². The number of carbonyl (C=O) groups is 1. The van der Waals surface area contributed by atoms with Crippen molar-refractivity contribution in [3.63, 3.8) is 0 Å². The molecule has 0 spiro atoms. The second kappa shape index (κ2) is 7.41. The van der Waals surface area contributed by atoms with E-state index in [1.165, 1.54) is 16.6 Å². The highest BCUT2D eigenvalue weighted by Crippen LogP contribution is 2.13. The van der Waals surface area contributed by atoms with Crippen LogP contribution in [0.5, 0.6) is 0 Å². The zero-order chi connectivity index (χ0) is 16.1. The molecule has 0 aliphatic heterocycles. The first-order valence-electron chi connectivity index (χ1n) is 8.02. The molecule has 0 heterocycles. The van der Waals surface area contributed by atoms with Crippen molar-refractivity contribution in [3.8, 4) is 0 Å². The number of ketones is 1. The number of rotatable bonds is 6. The summed E-state index contributed by atoms with van der Waals surface area (Å²) in [5.41, 5.74) is 11.8. The van der Waals surface area contributed by atoms with Gasteiger partial charge in [-0.3, -0.25) is 4.79 Å². The zero-order valence-electron chi connectivity index (χ0n) is 13.7. The lowest BCUT2D eigenvalue weighted by molar-refractivity contribution is 0.0961. The second-order valence-electron chi connectivity index (χ2n) is 5.79. The average molecular weight is 293 g/mol. The van der Waals surface area contributed by atoms with E-state index in [9.17, 15) is 4.79 Å². The van der Waals surface area contributed by atoms with Crippen LogP contribution in [0.25, 0.3) is 0 Å². The predicted octanol–water partition coefficient (Wildman–Crippen LogP) is 1.82. The van der Waals surface area contributed by atoms with Crippen LogP contribution in [0.1, 0.15) is 40.9 Å². The van der Waals surface area contributed by atoms with E-state index in [2.05, 4.69) is 21.7 Å². The molecule has 0 bridgehead atoms. The first-order valence-corrected chi connectivity index (χ1v) is 8.02. The number of nitrogens with two attached hydrogens (primary N) is 1. The van der Waals surface area contributed by atoms with Crippen molar-refractivity contribution in [1.82, 2.24) is 0 Å². The minimum absolute atomic E-state index is 0.0354. The lowest BCUT2D eigenvalue weighted by Crippen LogP contribution is -2.33. The lowest BCUT2D eigenvalue weighted by Gasteiger charge is -2.15. The molecule has 0 radical (unpaired) electrons. The molecule has 0 saturated heterocycles. The van der Waals surface area contributed by atoms with Crippen LogP contribution in [0.3, 0.4) is 0 Å². The highest BCUT2D eigenvalue weighted by atomic mass is 16.1. The van der Waals surface area contributed by atoms with Gasteiger partial charge >= 0.3 is 0 Å². The fourth-order valence-corrected chi connectivity index (χ4v) is 2.89. The Bertz CT molecular complexity index is 627. The van der Waals surface area contributed by atoms with Crippen molar-refractivity contribution in [2.45, 2.75) is 39.2 Å². The molecular weight excluding hydrogens is 269 g/mol. The Morgan fingerprint density at radius 1 is 1.09 bits per heavy atom. The summed E-state index contributed by atoms with van der Waals surface area (Å²) >= 11 is 0. The van der Waals surface area contributed by atoms with Crippen molar-refractivity contribution in [1.29, 1.82) is 0 Å². The van der Waals surface area contributed by atoms with E-state index < -0.39 is 6.04 Å². The summed E-state index contributed by atoms with van der Waals surface area (Å²) in [5.74, 6) is 0.0354. The highest BCUT2D eigenvalue weighted by Gasteiger charge is 2.18. The molecular formula is C19H24BNO. The maximum absolute atomic E-state index is 12.7. The summed E-state index contributed by atoms with van der Waals surface area (Å²) < 4.78 is 0. The van der Waals surface area contributed by atoms with E-state index in [1.54, 1.807) is 0 Å². The molecule has 0 aromatic heterocycles. The zero-order valence-corrected chi connectivity index (χ0v) is 13.7. The van der Waals surface area contributed by atoms with Crippen LogP contribution in [-0.4, -0.2) is 19.7 Å². The second-order valence-corrected chi connectivity index (χ2v) is 5.79. The van der Waals surface area contributed by atoms with Crippen LogP contribution >= 0.6 is 0 Å². The largest absolute Gasteiger partial charge is 0.321 e. The summed E-state index contributed by atoms with van der Waals surface area (Å²) in [4.78, 5) is 12.7. The molecule has 2 N–H and O–H groups in total. The van der Waals surface area contributed by atoms with Gasteiger partial charge in [0.15, 0.2) is 5.78 Å². The summed E-state index contributed by atoms with van der Waals surface area (Å²) in [7, 11) is 2.13. The van der Waals surface area contributed by atoms with Crippen LogP contribution in [0, 0.1) is 0 Å². The fraction of sp³-hybridized carbons (Fsp3) is 0.316. The Morgan fingerprint density at radius 3 is 2.14 bits per heavy atom. The van der Waals surface area contributed by atoms with Crippen molar-refractivity contribution in [2.24, 2.45) is 5.73 Å². The Hall–Kier alpha value is -1.87. The SMILES string of the molecule is Bc1c(CC)cc(C(=O)[C@@H](N)Cc2ccccc2)cc1CC. The van der Waals surface area contributed by atoms with E-state index in [-0.39, 0.29) is 5.78 Å². The number of aryl methyl sites for hydroxylation is 2. The molecule has 2 aromatic rings. The molecule has 0 fully saturated rings. The third-order valence-corrected chi connectivity index (χ3v) is 4.30. The third kappa shape index (κ3) is 3.66. The smallest absolute Gasteiger partial charge is 0.179 e. The minimum atomic E-state index is -0.487. The van der Waals surface area contributed by atoms with Gasteiger partial charge < -0.3 is 5.73 Å². The van der Waals surface area contributed by atoms with Gasteiger partial charge in [0.1, 0.15) is 7.85 Å². The van der Waals surface area contributed by atoms with Crippen LogP contribution < -0.4 is 11.2 Å². The molecule has 22 heavy (non-hydrogen) atoms. The van der Waals surface area contributed by atoms with Gasteiger partial charge in [0.05, 0.1) is 6.04 Å². The summed E-state index contributed by atoms with van der Waals surface area (Å²) in [6.07, 6.45) is 2.46. The number of hydrogen-bond donors (Lipinski definition) is 1.